The van der Waals surface area contributed by atoms with E-state index in [0.717, 1.165) is 25.7 Å². The van der Waals surface area contributed by atoms with Crippen molar-refractivity contribution in [1.82, 2.24) is 16.0 Å². The Labute approximate surface area is 145 Å². The number of carbonyl (C=O) groups excluding carboxylic acids is 1. The van der Waals surface area contributed by atoms with Crippen molar-refractivity contribution >= 4 is 6.03 Å². The molecule has 0 aromatic heterocycles. The lowest BCUT2D eigenvalue weighted by Crippen LogP contribution is -2.53. The third-order valence-electron chi connectivity index (χ3n) is 4.63. The van der Waals surface area contributed by atoms with Crippen molar-refractivity contribution < 1.29 is 9.90 Å². The standard InChI is InChI=1S/C19H31N3O2/c1-14(15-7-5-4-6-8-15)22-19(2,3)13-20-18(24)21-16-9-11-17(23)12-10-16/h4-8,14,16-17,22-23H,9-13H2,1-3H3,(H2,20,21,24). The number of hydrogen-bond donors (Lipinski definition) is 4. The summed E-state index contributed by atoms with van der Waals surface area (Å²) in [5.41, 5.74) is 1.02. The molecule has 1 unspecified atom stereocenters. The minimum absolute atomic E-state index is 0.126. The zero-order valence-electron chi connectivity index (χ0n) is 15.0. The summed E-state index contributed by atoms with van der Waals surface area (Å²) in [5.74, 6) is 0. The highest BCUT2D eigenvalue weighted by atomic mass is 16.3. The fourth-order valence-corrected chi connectivity index (χ4v) is 3.22. The van der Waals surface area contributed by atoms with Gasteiger partial charge in [-0.3, -0.25) is 0 Å². The number of benzene rings is 1. The highest BCUT2D eigenvalue weighted by molar-refractivity contribution is 5.74. The van der Waals surface area contributed by atoms with Crippen molar-refractivity contribution in [1.29, 1.82) is 0 Å². The molecule has 0 heterocycles. The molecule has 2 amide bonds. The molecule has 1 aliphatic rings. The second-order valence-electron chi connectivity index (χ2n) is 7.49. The minimum atomic E-state index is -0.213. The van der Waals surface area contributed by atoms with Crippen LogP contribution in [0.5, 0.6) is 0 Å². The summed E-state index contributed by atoms with van der Waals surface area (Å²) in [6.07, 6.45) is 3.04. The molecule has 1 aromatic carbocycles. The third kappa shape index (κ3) is 6.13. The highest BCUT2D eigenvalue weighted by Crippen LogP contribution is 2.18. The minimum Gasteiger partial charge on any atom is -0.393 e. The van der Waals surface area contributed by atoms with E-state index in [9.17, 15) is 9.90 Å². The molecule has 1 saturated carbocycles. The second kappa shape index (κ2) is 8.49. The molecule has 0 saturated heterocycles. The van der Waals surface area contributed by atoms with Gasteiger partial charge in [0.25, 0.3) is 0 Å². The van der Waals surface area contributed by atoms with Crippen LogP contribution in [0.3, 0.4) is 0 Å². The van der Waals surface area contributed by atoms with Crippen LogP contribution in [0, 0.1) is 0 Å². The quantitative estimate of drug-likeness (QED) is 0.647. The predicted octanol–water partition coefficient (Wildman–Crippen LogP) is 2.72. The first-order chi connectivity index (χ1) is 11.4. The molecule has 4 N–H and O–H groups in total. The summed E-state index contributed by atoms with van der Waals surface area (Å²) in [7, 11) is 0. The molecule has 5 nitrogen and oxygen atoms in total. The van der Waals surface area contributed by atoms with Gasteiger partial charge in [-0.15, -0.1) is 0 Å². The zero-order chi connectivity index (χ0) is 17.6. The fraction of sp³-hybridized carbons (Fsp3) is 0.632. The van der Waals surface area contributed by atoms with Crippen LogP contribution in [0.2, 0.25) is 0 Å². The topological polar surface area (TPSA) is 73.4 Å². The Hall–Kier alpha value is -1.59. The number of aliphatic hydroxyl groups is 1. The fourth-order valence-electron chi connectivity index (χ4n) is 3.22. The highest BCUT2D eigenvalue weighted by Gasteiger charge is 2.24. The second-order valence-corrected chi connectivity index (χ2v) is 7.49. The smallest absolute Gasteiger partial charge is 0.315 e. The molecule has 1 fully saturated rings. The van der Waals surface area contributed by atoms with Crippen molar-refractivity contribution in [2.75, 3.05) is 6.54 Å². The maximum atomic E-state index is 12.1. The maximum Gasteiger partial charge on any atom is 0.315 e. The van der Waals surface area contributed by atoms with E-state index < -0.39 is 0 Å². The average Bonchev–Trinajstić information content (AvgIpc) is 2.56. The van der Waals surface area contributed by atoms with Crippen molar-refractivity contribution in [3.63, 3.8) is 0 Å². The van der Waals surface area contributed by atoms with E-state index in [4.69, 9.17) is 0 Å². The van der Waals surface area contributed by atoms with Gasteiger partial charge in [0.1, 0.15) is 0 Å². The number of aliphatic hydroxyl groups excluding tert-OH is 1. The predicted molar refractivity (Wildman–Crippen MR) is 96.9 cm³/mol. The summed E-state index contributed by atoms with van der Waals surface area (Å²) < 4.78 is 0. The van der Waals surface area contributed by atoms with E-state index in [2.05, 4.69) is 48.9 Å². The lowest BCUT2D eigenvalue weighted by atomic mass is 9.93. The number of amides is 2. The van der Waals surface area contributed by atoms with Crippen molar-refractivity contribution in [2.24, 2.45) is 0 Å². The molecule has 1 aliphatic carbocycles. The molecule has 24 heavy (non-hydrogen) atoms. The van der Waals surface area contributed by atoms with Gasteiger partial charge in [0.15, 0.2) is 0 Å². The van der Waals surface area contributed by atoms with Crippen LogP contribution in [-0.4, -0.2) is 35.4 Å². The van der Waals surface area contributed by atoms with Crippen molar-refractivity contribution in [2.45, 2.75) is 70.2 Å². The summed E-state index contributed by atoms with van der Waals surface area (Å²) in [6, 6.07) is 10.5. The Morgan fingerprint density at radius 1 is 1.21 bits per heavy atom. The Balaban J connectivity index is 1.74. The van der Waals surface area contributed by atoms with Gasteiger partial charge >= 0.3 is 6.03 Å². The molecule has 0 bridgehead atoms. The van der Waals surface area contributed by atoms with E-state index in [1.54, 1.807) is 0 Å². The van der Waals surface area contributed by atoms with E-state index in [1.165, 1.54) is 5.56 Å². The number of carbonyl (C=O) groups is 1. The van der Waals surface area contributed by atoms with Gasteiger partial charge in [-0.25, -0.2) is 4.79 Å². The number of urea groups is 1. The van der Waals surface area contributed by atoms with Crippen molar-refractivity contribution in [3.05, 3.63) is 35.9 Å². The monoisotopic (exact) mass is 333 g/mol. The van der Waals surface area contributed by atoms with Crippen LogP contribution in [-0.2, 0) is 0 Å². The van der Waals surface area contributed by atoms with Crippen LogP contribution < -0.4 is 16.0 Å². The Morgan fingerprint density at radius 3 is 2.46 bits per heavy atom. The molecule has 0 radical (unpaired) electrons. The molecular weight excluding hydrogens is 302 g/mol. The first-order valence-electron chi connectivity index (χ1n) is 8.91. The Morgan fingerprint density at radius 2 is 1.83 bits per heavy atom. The van der Waals surface area contributed by atoms with E-state index in [1.807, 2.05) is 18.2 Å². The normalized spacial score (nSPS) is 22.7. The van der Waals surface area contributed by atoms with E-state index in [-0.39, 0.29) is 29.8 Å². The molecule has 0 aliphatic heterocycles. The van der Waals surface area contributed by atoms with Gasteiger partial charge in [-0.1, -0.05) is 30.3 Å². The molecular formula is C19H31N3O2. The summed E-state index contributed by atoms with van der Waals surface area (Å²) in [5, 5.41) is 19.0. The number of rotatable bonds is 6. The molecule has 134 valence electrons. The van der Waals surface area contributed by atoms with Gasteiger partial charge in [-0.2, -0.15) is 0 Å². The zero-order valence-corrected chi connectivity index (χ0v) is 15.0. The van der Waals surface area contributed by atoms with Crippen LogP contribution in [0.15, 0.2) is 30.3 Å². The first kappa shape index (κ1) is 18.7. The van der Waals surface area contributed by atoms with Crippen LogP contribution in [0.1, 0.15) is 58.1 Å². The molecule has 0 spiro atoms. The lowest BCUT2D eigenvalue weighted by molar-refractivity contribution is 0.117. The van der Waals surface area contributed by atoms with Crippen LogP contribution in [0.4, 0.5) is 4.79 Å². The van der Waals surface area contributed by atoms with Crippen LogP contribution in [0.25, 0.3) is 0 Å². The van der Waals surface area contributed by atoms with Gasteiger partial charge in [-0.05, 0) is 52.0 Å². The lowest BCUT2D eigenvalue weighted by Gasteiger charge is -2.31. The molecule has 1 aromatic rings. The summed E-state index contributed by atoms with van der Waals surface area (Å²) >= 11 is 0. The molecule has 2 rings (SSSR count). The molecule has 5 heteroatoms. The third-order valence-corrected chi connectivity index (χ3v) is 4.63. The Bertz CT molecular complexity index is 511. The van der Waals surface area contributed by atoms with Gasteiger partial charge in [0.2, 0.25) is 0 Å². The number of hydrogen-bond acceptors (Lipinski definition) is 3. The van der Waals surface area contributed by atoms with E-state index >= 15 is 0 Å². The largest absolute Gasteiger partial charge is 0.393 e. The SMILES string of the molecule is CC(NC(C)(C)CNC(=O)NC1CCC(O)CC1)c1ccccc1. The summed E-state index contributed by atoms with van der Waals surface area (Å²) in [4.78, 5) is 12.1. The van der Waals surface area contributed by atoms with E-state index in [0.29, 0.717) is 6.54 Å². The van der Waals surface area contributed by atoms with Crippen LogP contribution >= 0.6 is 0 Å². The first-order valence-corrected chi connectivity index (χ1v) is 8.91. The maximum absolute atomic E-state index is 12.1. The number of nitrogens with one attached hydrogen (secondary N) is 3. The van der Waals surface area contributed by atoms with Gasteiger partial charge in [0.05, 0.1) is 6.10 Å². The average molecular weight is 333 g/mol. The van der Waals surface area contributed by atoms with Gasteiger partial charge in [0, 0.05) is 24.2 Å². The Kier molecular flexibility index (Phi) is 6.63. The van der Waals surface area contributed by atoms with Crippen molar-refractivity contribution in [3.8, 4) is 0 Å². The summed E-state index contributed by atoms with van der Waals surface area (Å²) in [6.45, 7) is 6.85. The van der Waals surface area contributed by atoms with Gasteiger partial charge < -0.3 is 21.1 Å². The molecule has 1 atom stereocenters.